The van der Waals surface area contributed by atoms with Crippen molar-refractivity contribution in [3.05, 3.63) is 53.5 Å². The molecule has 1 N–H and O–H groups in total. The predicted molar refractivity (Wildman–Crippen MR) is 100 cm³/mol. The predicted octanol–water partition coefficient (Wildman–Crippen LogP) is 3.39. The van der Waals surface area contributed by atoms with Crippen molar-refractivity contribution in [2.45, 2.75) is 26.1 Å². The lowest BCUT2D eigenvalue weighted by atomic mass is 10.1. The lowest BCUT2D eigenvalue weighted by Gasteiger charge is -2.37. The molecule has 1 aromatic carbocycles. The molecule has 2 heterocycles. The molecule has 1 aliphatic heterocycles. The summed E-state index contributed by atoms with van der Waals surface area (Å²) in [6.45, 7) is 5.42. The van der Waals surface area contributed by atoms with Gasteiger partial charge in [-0.1, -0.05) is 0 Å². The summed E-state index contributed by atoms with van der Waals surface area (Å²) in [7, 11) is 0. The summed E-state index contributed by atoms with van der Waals surface area (Å²) >= 11 is 0. The third-order valence-electron chi connectivity index (χ3n) is 4.96. The Balaban J connectivity index is 1.52. The molecule has 0 saturated carbocycles. The molecule has 29 heavy (non-hydrogen) atoms. The number of furan rings is 1. The van der Waals surface area contributed by atoms with Crippen molar-refractivity contribution in [2.75, 3.05) is 31.5 Å². The zero-order valence-electron chi connectivity index (χ0n) is 16.1. The van der Waals surface area contributed by atoms with Crippen molar-refractivity contribution in [1.29, 1.82) is 0 Å². The number of carbonyl (C=O) groups is 2. The Morgan fingerprint density at radius 2 is 1.66 bits per heavy atom. The van der Waals surface area contributed by atoms with Crippen molar-refractivity contribution >= 4 is 17.5 Å². The molecular weight excluding hydrogens is 387 g/mol. The third kappa shape index (κ3) is 4.97. The summed E-state index contributed by atoms with van der Waals surface area (Å²) in [4.78, 5) is 28.5. The minimum Gasteiger partial charge on any atom is -0.456 e. The molecule has 1 atom stereocenters. The molecule has 1 aromatic heterocycles. The van der Waals surface area contributed by atoms with Gasteiger partial charge in [0.25, 0.3) is 5.91 Å². The Labute approximate surface area is 166 Å². The van der Waals surface area contributed by atoms with E-state index in [-0.39, 0.29) is 11.8 Å². The lowest BCUT2D eigenvalue weighted by Crippen LogP contribution is -2.54. The maximum absolute atomic E-state index is 12.6. The van der Waals surface area contributed by atoms with Crippen LogP contribution in [-0.4, -0.2) is 53.8 Å². The summed E-state index contributed by atoms with van der Waals surface area (Å²) in [5.74, 6) is 0.468. The van der Waals surface area contributed by atoms with Crippen molar-refractivity contribution in [1.82, 2.24) is 9.80 Å². The standard InChI is InChI=1S/C20H22F3N3O3/c1-13-3-8-17(29-13)19(28)26-11-9-25(10-12-26)14(2)18(27)24-16-6-4-15(5-7-16)20(21,22)23/h3-8,14H,9-12H2,1-2H3,(H,24,27). The fraction of sp³-hybridized carbons (Fsp3) is 0.400. The molecule has 0 spiro atoms. The van der Waals surface area contributed by atoms with E-state index in [1.807, 2.05) is 4.90 Å². The van der Waals surface area contributed by atoms with Crippen LogP contribution in [0.1, 0.15) is 28.8 Å². The van der Waals surface area contributed by atoms with Crippen LogP contribution < -0.4 is 5.32 Å². The highest BCUT2D eigenvalue weighted by atomic mass is 19.4. The number of carbonyl (C=O) groups excluding carboxylic acids is 2. The SMILES string of the molecule is Cc1ccc(C(=O)N2CCN(C(C)C(=O)Nc3ccc(C(F)(F)F)cc3)CC2)o1. The van der Waals surface area contributed by atoms with E-state index in [2.05, 4.69) is 5.32 Å². The molecule has 2 aromatic rings. The van der Waals surface area contributed by atoms with Gasteiger partial charge in [0.1, 0.15) is 5.76 Å². The van der Waals surface area contributed by atoms with Crippen molar-refractivity contribution in [3.63, 3.8) is 0 Å². The minimum absolute atomic E-state index is 0.181. The molecular formula is C20H22F3N3O3. The summed E-state index contributed by atoms with van der Waals surface area (Å²) in [6, 6.07) is 7.22. The highest BCUT2D eigenvalue weighted by molar-refractivity contribution is 5.94. The molecule has 0 radical (unpaired) electrons. The van der Waals surface area contributed by atoms with Crippen molar-refractivity contribution in [3.8, 4) is 0 Å². The van der Waals surface area contributed by atoms with Crippen molar-refractivity contribution in [2.24, 2.45) is 0 Å². The average molecular weight is 409 g/mol. The number of halogens is 3. The number of amides is 2. The maximum atomic E-state index is 12.6. The first-order valence-corrected chi connectivity index (χ1v) is 9.23. The molecule has 1 saturated heterocycles. The number of nitrogens with one attached hydrogen (secondary N) is 1. The number of hydrogen-bond donors (Lipinski definition) is 1. The second kappa shape index (κ2) is 8.28. The van der Waals surface area contributed by atoms with Gasteiger partial charge in [0.15, 0.2) is 5.76 Å². The second-order valence-corrected chi connectivity index (χ2v) is 6.98. The first kappa shape index (κ1) is 20.9. The Hall–Kier alpha value is -2.81. The van der Waals surface area contributed by atoms with Gasteiger partial charge in [0, 0.05) is 31.9 Å². The topological polar surface area (TPSA) is 65.8 Å². The molecule has 3 rings (SSSR count). The van der Waals surface area contributed by atoms with Gasteiger partial charge in [0.2, 0.25) is 5.91 Å². The van der Waals surface area contributed by atoms with Gasteiger partial charge in [-0.25, -0.2) is 0 Å². The zero-order chi connectivity index (χ0) is 21.2. The van der Waals surface area contributed by atoms with E-state index >= 15 is 0 Å². The van der Waals surface area contributed by atoms with Crippen LogP contribution in [-0.2, 0) is 11.0 Å². The quantitative estimate of drug-likeness (QED) is 0.841. The van der Waals surface area contributed by atoms with Crippen molar-refractivity contribution < 1.29 is 27.2 Å². The number of benzene rings is 1. The van der Waals surface area contributed by atoms with Gasteiger partial charge < -0.3 is 14.6 Å². The van der Waals surface area contributed by atoms with Crippen LogP contribution in [0.25, 0.3) is 0 Å². The molecule has 0 bridgehead atoms. The summed E-state index contributed by atoms with van der Waals surface area (Å²) in [5, 5.41) is 2.64. The maximum Gasteiger partial charge on any atom is 0.416 e. The number of aryl methyl sites for hydroxylation is 1. The third-order valence-corrected chi connectivity index (χ3v) is 4.96. The van der Waals surface area contributed by atoms with Gasteiger partial charge in [-0.15, -0.1) is 0 Å². The van der Waals surface area contributed by atoms with Crippen LogP contribution in [0.3, 0.4) is 0 Å². The molecule has 6 nitrogen and oxygen atoms in total. The van der Waals surface area contributed by atoms with E-state index in [1.165, 1.54) is 12.1 Å². The second-order valence-electron chi connectivity index (χ2n) is 6.98. The highest BCUT2D eigenvalue weighted by Crippen LogP contribution is 2.29. The van der Waals surface area contributed by atoms with Crippen LogP contribution in [0, 0.1) is 6.92 Å². The van der Waals surface area contributed by atoms with Gasteiger partial charge >= 0.3 is 6.18 Å². The first-order valence-electron chi connectivity index (χ1n) is 9.23. The van der Waals surface area contributed by atoms with Gasteiger partial charge in [-0.3, -0.25) is 14.5 Å². The molecule has 1 unspecified atom stereocenters. The van der Waals surface area contributed by atoms with Crippen LogP contribution >= 0.6 is 0 Å². The molecule has 2 amide bonds. The smallest absolute Gasteiger partial charge is 0.416 e. The Morgan fingerprint density at radius 3 is 2.17 bits per heavy atom. The van der Waals surface area contributed by atoms with Gasteiger partial charge in [0.05, 0.1) is 11.6 Å². The largest absolute Gasteiger partial charge is 0.456 e. The van der Waals surface area contributed by atoms with E-state index in [0.29, 0.717) is 43.4 Å². The molecule has 1 aliphatic rings. The molecule has 0 aliphatic carbocycles. The number of piperazine rings is 1. The normalized spacial score (nSPS) is 16.5. The number of rotatable bonds is 4. The number of alkyl halides is 3. The minimum atomic E-state index is -4.42. The van der Waals surface area contributed by atoms with E-state index in [1.54, 1.807) is 30.9 Å². The van der Waals surface area contributed by atoms with Gasteiger partial charge in [-0.05, 0) is 50.2 Å². The summed E-state index contributed by atoms with van der Waals surface area (Å²) in [5.41, 5.74) is -0.465. The number of nitrogens with zero attached hydrogens (tertiary/aromatic N) is 2. The lowest BCUT2D eigenvalue weighted by molar-refractivity contribution is -0.137. The van der Waals surface area contributed by atoms with Crippen LogP contribution in [0.4, 0.5) is 18.9 Å². The van der Waals surface area contributed by atoms with E-state index in [0.717, 1.165) is 12.1 Å². The highest BCUT2D eigenvalue weighted by Gasteiger charge is 2.31. The van der Waals surface area contributed by atoms with E-state index in [9.17, 15) is 22.8 Å². The molecule has 1 fully saturated rings. The van der Waals surface area contributed by atoms with Gasteiger partial charge in [-0.2, -0.15) is 13.2 Å². The number of hydrogen-bond acceptors (Lipinski definition) is 4. The zero-order valence-corrected chi connectivity index (χ0v) is 16.1. The monoisotopic (exact) mass is 409 g/mol. The molecule has 156 valence electrons. The Morgan fingerprint density at radius 1 is 1.03 bits per heavy atom. The van der Waals surface area contributed by atoms with Crippen LogP contribution in [0.2, 0.25) is 0 Å². The fourth-order valence-corrected chi connectivity index (χ4v) is 3.17. The Kier molecular flexibility index (Phi) is 5.97. The summed E-state index contributed by atoms with van der Waals surface area (Å²) < 4.78 is 43.2. The first-order chi connectivity index (χ1) is 13.6. The van der Waals surface area contributed by atoms with E-state index in [4.69, 9.17) is 4.42 Å². The number of anilines is 1. The average Bonchev–Trinajstić information content (AvgIpc) is 3.13. The van der Waals surface area contributed by atoms with Crippen LogP contribution in [0.15, 0.2) is 40.8 Å². The Bertz CT molecular complexity index is 869. The molecule has 9 heteroatoms. The summed E-state index contributed by atoms with van der Waals surface area (Å²) in [6.07, 6.45) is -4.42. The van der Waals surface area contributed by atoms with E-state index < -0.39 is 17.8 Å². The van der Waals surface area contributed by atoms with Crippen LogP contribution in [0.5, 0.6) is 0 Å². The fourth-order valence-electron chi connectivity index (χ4n) is 3.17.